The quantitative estimate of drug-likeness (QED) is 0.837. The summed E-state index contributed by atoms with van der Waals surface area (Å²) in [4.78, 5) is 15.8. The van der Waals surface area contributed by atoms with Crippen LogP contribution in [0.25, 0.3) is 0 Å². The van der Waals surface area contributed by atoms with Crippen LogP contribution in [0.1, 0.15) is 17.5 Å². The number of nitrogens with one attached hydrogen (secondary N) is 1. The van der Waals surface area contributed by atoms with Gasteiger partial charge in [0.05, 0.1) is 5.92 Å². The van der Waals surface area contributed by atoms with Gasteiger partial charge in [0.15, 0.2) is 0 Å². The molecule has 1 atom stereocenters. The van der Waals surface area contributed by atoms with Crippen LogP contribution in [0.5, 0.6) is 0 Å². The zero-order valence-electron chi connectivity index (χ0n) is 11.3. The van der Waals surface area contributed by atoms with Crippen LogP contribution in [0, 0.1) is 5.92 Å². The number of carbonyl (C=O) groups excluding carboxylic acids is 1. The van der Waals surface area contributed by atoms with E-state index in [9.17, 15) is 4.79 Å². The minimum absolute atomic E-state index is 0.201. The first-order chi connectivity index (χ1) is 9.28. The summed E-state index contributed by atoms with van der Waals surface area (Å²) >= 11 is 1.78. The summed E-state index contributed by atoms with van der Waals surface area (Å²) in [6, 6.07) is 6.63. The van der Waals surface area contributed by atoms with Crippen molar-refractivity contribution in [2.75, 3.05) is 25.9 Å². The van der Waals surface area contributed by atoms with Gasteiger partial charge in [-0.15, -0.1) is 11.8 Å². The second-order valence-corrected chi connectivity index (χ2v) is 6.21. The molecule has 1 saturated heterocycles. The molecule has 0 spiro atoms. The minimum atomic E-state index is 0.201. The summed E-state index contributed by atoms with van der Waals surface area (Å²) in [5.41, 5.74) is 2.74. The number of amides is 1. The average molecular weight is 276 g/mol. The Hall–Kier alpha value is -1.00. The van der Waals surface area contributed by atoms with E-state index >= 15 is 0 Å². The number of nitrogens with zero attached hydrogens (tertiary/aromatic N) is 1. The maximum atomic E-state index is 12.4. The van der Waals surface area contributed by atoms with Crippen molar-refractivity contribution in [3.8, 4) is 0 Å². The van der Waals surface area contributed by atoms with Gasteiger partial charge in [0.2, 0.25) is 5.91 Å². The second kappa shape index (κ2) is 5.55. The van der Waals surface area contributed by atoms with Crippen LogP contribution < -0.4 is 5.32 Å². The maximum Gasteiger partial charge on any atom is 0.227 e. The average Bonchev–Trinajstić information content (AvgIpc) is 2.99. The van der Waals surface area contributed by atoms with Crippen LogP contribution in [0.15, 0.2) is 23.1 Å². The van der Waals surface area contributed by atoms with Crippen molar-refractivity contribution in [2.45, 2.75) is 24.3 Å². The first-order valence-corrected chi connectivity index (χ1v) is 8.15. The molecule has 0 saturated carbocycles. The van der Waals surface area contributed by atoms with Gasteiger partial charge in [-0.1, -0.05) is 6.07 Å². The Kier molecular flexibility index (Phi) is 3.80. The van der Waals surface area contributed by atoms with Crippen molar-refractivity contribution >= 4 is 17.7 Å². The Bertz CT molecular complexity index is 483. The monoisotopic (exact) mass is 276 g/mol. The van der Waals surface area contributed by atoms with Crippen molar-refractivity contribution in [3.63, 3.8) is 0 Å². The van der Waals surface area contributed by atoms with Crippen LogP contribution >= 0.6 is 11.8 Å². The molecule has 0 aliphatic carbocycles. The molecule has 19 heavy (non-hydrogen) atoms. The van der Waals surface area contributed by atoms with E-state index in [-0.39, 0.29) is 5.92 Å². The van der Waals surface area contributed by atoms with E-state index < -0.39 is 0 Å². The minimum Gasteiger partial charge on any atom is -0.338 e. The van der Waals surface area contributed by atoms with E-state index in [1.54, 1.807) is 11.8 Å². The van der Waals surface area contributed by atoms with Crippen molar-refractivity contribution in [1.29, 1.82) is 0 Å². The van der Waals surface area contributed by atoms with E-state index in [4.69, 9.17) is 0 Å². The first kappa shape index (κ1) is 13.0. The molecule has 2 aliphatic rings. The summed E-state index contributed by atoms with van der Waals surface area (Å²) in [7, 11) is 0. The molecule has 4 heteroatoms. The van der Waals surface area contributed by atoms with Crippen molar-refractivity contribution in [1.82, 2.24) is 10.2 Å². The van der Waals surface area contributed by atoms with Gasteiger partial charge >= 0.3 is 0 Å². The van der Waals surface area contributed by atoms with Gasteiger partial charge in [-0.3, -0.25) is 4.79 Å². The molecule has 2 aliphatic heterocycles. The fourth-order valence-electron chi connectivity index (χ4n) is 2.97. The number of rotatable bonds is 2. The fraction of sp³-hybridized carbons (Fsp3) is 0.533. The van der Waals surface area contributed by atoms with Gasteiger partial charge in [-0.2, -0.15) is 0 Å². The third-order valence-corrected chi connectivity index (χ3v) is 4.87. The lowest BCUT2D eigenvalue weighted by molar-refractivity contribution is -0.135. The summed E-state index contributed by atoms with van der Waals surface area (Å²) in [5, 5.41) is 3.28. The number of carbonyl (C=O) groups is 1. The highest BCUT2D eigenvalue weighted by molar-refractivity contribution is 7.98. The molecule has 102 valence electrons. The number of benzene rings is 1. The van der Waals surface area contributed by atoms with Crippen LogP contribution in [0.3, 0.4) is 0 Å². The van der Waals surface area contributed by atoms with Crippen LogP contribution in [0.2, 0.25) is 0 Å². The van der Waals surface area contributed by atoms with E-state index in [0.717, 1.165) is 39.0 Å². The van der Waals surface area contributed by atoms with Crippen molar-refractivity contribution in [3.05, 3.63) is 29.3 Å². The smallest absolute Gasteiger partial charge is 0.227 e. The van der Waals surface area contributed by atoms with Crippen LogP contribution in [-0.2, 0) is 17.8 Å². The lowest BCUT2D eigenvalue weighted by Gasteiger charge is -2.31. The maximum absolute atomic E-state index is 12.4. The third-order valence-electron chi connectivity index (χ3n) is 4.15. The normalized spacial score (nSPS) is 22.4. The Morgan fingerprint density at radius 3 is 3.05 bits per heavy atom. The van der Waals surface area contributed by atoms with Gasteiger partial charge in [-0.25, -0.2) is 0 Å². The molecule has 1 amide bonds. The molecular formula is C15H20N2OS. The zero-order chi connectivity index (χ0) is 13.2. The summed E-state index contributed by atoms with van der Waals surface area (Å²) in [6.07, 6.45) is 4.09. The summed E-state index contributed by atoms with van der Waals surface area (Å²) in [6.45, 7) is 3.50. The van der Waals surface area contributed by atoms with Crippen molar-refractivity contribution in [2.24, 2.45) is 5.92 Å². The van der Waals surface area contributed by atoms with Gasteiger partial charge in [0, 0.05) is 24.5 Å². The van der Waals surface area contributed by atoms with Crippen molar-refractivity contribution < 1.29 is 4.79 Å². The second-order valence-electron chi connectivity index (χ2n) is 5.33. The molecule has 3 nitrogen and oxygen atoms in total. The van der Waals surface area contributed by atoms with E-state index in [1.165, 1.54) is 16.0 Å². The van der Waals surface area contributed by atoms with E-state index in [0.29, 0.717) is 5.91 Å². The third kappa shape index (κ3) is 2.65. The zero-order valence-corrected chi connectivity index (χ0v) is 12.1. The van der Waals surface area contributed by atoms with Gasteiger partial charge in [-0.05, 0) is 48.9 Å². The Morgan fingerprint density at radius 1 is 1.42 bits per heavy atom. The number of thioether (sulfide) groups is 1. The number of hydrogen-bond acceptors (Lipinski definition) is 3. The van der Waals surface area contributed by atoms with Crippen LogP contribution in [0.4, 0.5) is 0 Å². The fourth-order valence-corrected chi connectivity index (χ4v) is 3.43. The Balaban J connectivity index is 1.73. The van der Waals surface area contributed by atoms with Gasteiger partial charge < -0.3 is 10.2 Å². The molecule has 1 N–H and O–H groups in total. The number of hydrogen-bond donors (Lipinski definition) is 1. The molecule has 1 aromatic carbocycles. The predicted octanol–water partition coefficient (Wildman–Crippen LogP) is 1.90. The molecule has 0 aromatic heterocycles. The Morgan fingerprint density at radius 2 is 2.32 bits per heavy atom. The molecule has 1 fully saturated rings. The molecule has 3 rings (SSSR count). The summed E-state index contributed by atoms with van der Waals surface area (Å²) in [5.74, 6) is 0.539. The van der Waals surface area contributed by atoms with E-state index in [2.05, 4.69) is 29.8 Å². The first-order valence-electron chi connectivity index (χ1n) is 6.93. The SMILES string of the molecule is CSc1ccc2c(c1)CCN(C(=O)[C@H]1CCNC1)C2. The van der Waals surface area contributed by atoms with Gasteiger partial charge in [0.25, 0.3) is 0 Å². The van der Waals surface area contributed by atoms with Gasteiger partial charge in [0.1, 0.15) is 0 Å². The lowest BCUT2D eigenvalue weighted by atomic mass is 9.98. The lowest BCUT2D eigenvalue weighted by Crippen LogP contribution is -2.40. The highest BCUT2D eigenvalue weighted by Gasteiger charge is 2.29. The largest absolute Gasteiger partial charge is 0.338 e. The van der Waals surface area contributed by atoms with Crippen LogP contribution in [-0.4, -0.2) is 36.7 Å². The van der Waals surface area contributed by atoms with E-state index in [1.807, 2.05) is 4.90 Å². The Labute approximate surface area is 118 Å². The standard InChI is InChI=1S/C15H20N2OS/c1-19-14-3-2-13-10-17(7-5-11(13)8-14)15(18)12-4-6-16-9-12/h2-3,8,12,16H,4-7,9-10H2,1H3/t12-/m0/s1. The molecular weight excluding hydrogens is 256 g/mol. The molecule has 1 aromatic rings. The molecule has 2 heterocycles. The number of fused-ring (bicyclic) bond motifs is 1. The molecule has 0 bridgehead atoms. The topological polar surface area (TPSA) is 32.3 Å². The molecule has 0 radical (unpaired) electrons. The summed E-state index contributed by atoms with van der Waals surface area (Å²) < 4.78 is 0. The predicted molar refractivity (Wildman–Crippen MR) is 78.3 cm³/mol. The molecule has 0 unspecified atom stereocenters. The highest BCUT2D eigenvalue weighted by Crippen LogP contribution is 2.25. The highest BCUT2D eigenvalue weighted by atomic mass is 32.2.